The van der Waals surface area contributed by atoms with Gasteiger partial charge in [-0.15, -0.1) is 0 Å². The number of carbonyl (C=O) groups is 1. The maximum absolute atomic E-state index is 12.9. The largest absolute Gasteiger partial charge is 0.385 e. The third-order valence-corrected chi connectivity index (χ3v) is 5.84. The summed E-state index contributed by atoms with van der Waals surface area (Å²) in [4.78, 5) is 31.1. The highest BCUT2D eigenvalue weighted by Crippen LogP contribution is 2.47. The van der Waals surface area contributed by atoms with Crippen LogP contribution < -0.4 is 5.69 Å². The van der Waals surface area contributed by atoms with Gasteiger partial charge in [0.15, 0.2) is 0 Å². The van der Waals surface area contributed by atoms with Crippen molar-refractivity contribution in [1.82, 2.24) is 14.9 Å². The molecule has 3 atom stereocenters. The summed E-state index contributed by atoms with van der Waals surface area (Å²) in [5.41, 5.74) is -0.0378. The van der Waals surface area contributed by atoms with E-state index in [1.165, 1.54) is 6.20 Å². The molecule has 132 valence electrons. The highest BCUT2D eigenvalue weighted by atomic mass is 16.3. The maximum atomic E-state index is 12.9. The lowest BCUT2D eigenvalue weighted by molar-refractivity contribution is -0.110. The zero-order valence-electron chi connectivity index (χ0n) is 14.1. The van der Waals surface area contributed by atoms with Crippen LogP contribution in [0.4, 0.5) is 0 Å². The van der Waals surface area contributed by atoms with E-state index in [1.54, 1.807) is 0 Å². The number of amides is 1. The fraction of sp³-hybridized carbons (Fsp3) is 0.474. The van der Waals surface area contributed by atoms with Gasteiger partial charge in [0.1, 0.15) is 5.69 Å². The molecule has 0 spiro atoms. The Kier molecular flexibility index (Phi) is 4.00. The molecule has 25 heavy (non-hydrogen) atoms. The van der Waals surface area contributed by atoms with Gasteiger partial charge < -0.3 is 20.0 Å². The van der Waals surface area contributed by atoms with Crippen molar-refractivity contribution < 1.29 is 9.90 Å². The molecule has 1 aliphatic carbocycles. The molecule has 2 fully saturated rings. The van der Waals surface area contributed by atoms with Crippen LogP contribution in [0.15, 0.2) is 41.3 Å². The minimum atomic E-state index is -0.894. The molecule has 1 saturated carbocycles. The molecular formula is C19H23N3O3. The van der Waals surface area contributed by atoms with Gasteiger partial charge in [0.25, 0.3) is 5.91 Å². The molecule has 1 aliphatic heterocycles. The van der Waals surface area contributed by atoms with E-state index in [0.29, 0.717) is 18.7 Å². The Bertz CT molecular complexity index is 813. The molecule has 2 heterocycles. The first-order valence-electron chi connectivity index (χ1n) is 8.96. The third-order valence-electron chi connectivity index (χ3n) is 5.84. The van der Waals surface area contributed by atoms with Gasteiger partial charge in [-0.3, -0.25) is 4.79 Å². The normalized spacial score (nSPS) is 29.2. The molecule has 2 aromatic rings. The summed E-state index contributed by atoms with van der Waals surface area (Å²) in [6.45, 7) is 0.485. The first-order chi connectivity index (χ1) is 12.1. The van der Waals surface area contributed by atoms with Gasteiger partial charge in [-0.25, -0.2) is 4.79 Å². The fourth-order valence-electron chi connectivity index (χ4n) is 4.62. The van der Waals surface area contributed by atoms with Crippen molar-refractivity contribution in [3.63, 3.8) is 0 Å². The van der Waals surface area contributed by atoms with Crippen molar-refractivity contribution >= 4 is 5.91 Å². The molecule has 1 aromatic heterocycles. The second-order valence-corrected chi connectivity index (χ2v) is 7.15. The zero-order valence-corrected chi connectivity index (χ0v) is 14.1. The lowest BCUT2D eigenvalue weighted by Crippen LogP contribution is -2.59. The van der Waals surface area contributed by atoms with Crippen molar-refractivity contribution in [3.05, 3.63) is 58.3 Å². The molecule has 3 N–H and O–H groups in total. The number of hydrogen-bond acceptors (Lipinski definition) is 3. The molecular weight excluding hydrogens is 318 g/mol. The number of aromatic amines is 2. The standard InChI is InChI=1S/C19H23N3O3/c23-17(15-12-20-18(24)21-15)22-11-10-19(25,13-6-2-1-3-7-13)14-8-4-5-9-16(14)22/h1-3,6-7,12,14,16,25H,4-5,8-11H2,(H2,20,21,24). The van der Waals surface area contributed by atoms with Gasteiger partial charge in [0.05, 0.1) is 5.60 Å². The van der Waals surface area contributed by atoms with Gasteiger partial charge >= 0.3 is 5.69 Å². The molecule has 1 aromatic carbocycles. The van der Waals surface area contributed by atoms with E-state index in [4.69, 9.17) is 0 Å². The minimum Gasteiger partial charge on any atom is -0.385 e. The van der Waals surface area contributed by atoms with Crippen molar-refractivity contribution in [3.8, 4) is 0 Å². The first kappa shape index (κ1) is 16.1. The molecule has 2 aliphatic rings. The molecule has 3 unspecified atom stereocenters. The number of nitrogens with zero attached hydrogens (tertiary/aromatic N) is 1. The quantitative estimate of drug-likeness (QED) is 0.780. The fourth-order valence-corrected chi connectivity index (χ4v) is 4.62. The molecule has 6 heteroatoms. The average Bonchev–Trinajstić information content (AvgIpc) is 3.09. The average molecular weight is 341 g/mol. The minimum absolute atomic E-state index is 0.00129. The third kappa shape index (κ3) is 2.70. The van der Waals surface area contributed by atoms with Gasteiger partial charge in [0, 0.05) is 24.7 Å². The van der Waals surface area contributed by atoms with E-state index < -0.39 is 5.60 Å². The van der Waals surface area contributed by atoms with Crippen molar-refractivity contribution in [2.75, 3.05) is 6.54 Å². The maximum Gasteiger partial charge on any atom is 0.323 e. The Morgan fingerprint density at radius 2 is 1.96 bits per heavy atom. The van der Waals surface area contributed by atoms with E-state index in [0.717, 1.165) is 31.2 Å². The highest BCUT2D eigenvalue weighted by Gasteiger charge is 2.50. The summed E-state index contributed by atoms with van der Waals surface area (Å²) < 4.78 is 0. The summed E-state index contributed by atoms with van der Waals surface area (Å²) in [6, 6.07) is 9.81. The highest BCUT2D eigenvalue weighted by molar-refractivity contribution is 5.92. The summed E-state index contributed by atoms with van der Waals surface area (Å²) in [5.74, 6) is -0.141. The Morgan fingerprint density at radius 3 is 2.68 bits per heavy atom. The molecule has 1 amide bonds. The monoisotopic (exact) mass is 341 g/mol. The van der Waals surface area contributed by atoms with Crippen molar-refractivity contribution in [1.29, 1.82) is 0 Å². The van der Waals surface area contributed by atoms with E-state index >= 15 is 0 Å². The topological polar surface area (TPSA) is 89.2 Å². The molecule has 1 saturated heterocycles. The lowest BCUT2D eigenvalue weighted by Gasteiger charge is -2.52. The number of nitrogens with one attached hydrogen (secondary N) is 2. The van der Waals surface area contributed by atoms with Crippen molar-refractivity contribution in [2.45, 2.75) is 43.7 Å². The van der Waals surface area contributed by atoms with E-state index in [-0.39, 0.29) is 23.6 Å². The van der Waals surface area contributed by atoms with E-state index in [2.05, 4.69) is 9.97 Å². The number of imidazole rings is 1. The second-order valence-electron chi connectivity index (χ2n) is 7.15. The van der Waals surface area contributed by atoms with Gasteiger partial charge in [0.2, 0.25) is 0 Å². The van der Waals surface area contributed by atoms with E-state index in [1.807, 2.05) is 35.2 Å². The number of aromatic nitrogens is 2. The Balaban J connectivity index is 1.66. The van der Waals surface area contributed by atoms with Gasteiger partial charge in [-0.2, -0.15) is 0 Å². The Morgan fingerprint density at radius 1 is 1.20 bits per heavy atom. The zero-order chi connectivity index (χ0) is 17.4. The Labute approximate surface area is 145 Å². The van der Waals surface area contributed by atoms with Gasteiger partial charge in [-0.1, -0.05) is 43.2 Å². The second kappa shape index (κ2) is 6.19. The predicted octanol–water partition coefficient (Wildman–Crippen LogP) is 2.00. The number of piperidine rings is 1. The molecule has 4 rings (SSSR count). The number of rotatable bonds is 2. The van der Waals surface area contributed by atoms with Crippen LogP contribution in [0.2, 0.25) is 0 Å². The van der Waals surface area contributed by atoms with E-state index in [9.17, 15) is 14.7 Å². The van der Waals surface area contributed by atoms with Gasteiger partial charge in [-0.05, 0) is 24.8 Å². The summed E-state index contributed by atoms with van der Waals surface area (Å²) in [5, 5.41) is 11.5. The van der Waals surface area contributed by atoms with Crippen LogP contribution in [-0.2, 0) is 5.60 Å². The van der Waals surface area contributed by atoms with Crippen molar-refractivity contribution in [2.24, 2.45) is 5.92 Å². The summed E-state index contributed by atoms with van der Waals surface area (Å²) in [7, 11) is 0. The predicted molar refractivity (Wildman–Crippen MR) is 93.2 cm³/mol. The number of H-pyrrole nitrogens is 2. The van der Waals surface area contributed by atoms with Crippen LogP contribution >= 0.6 is 0 Å². The number of hydrogen-bond donors (Lipinski definition) is 3. The van der Waals surface area contributed by atoms with Crippen LogP contribution in [0.1, 0.15) is 48.2 Å². The van der Waals surface area contributed by atoms with Crippen LogP contribution in [0.25, 0.3) is 0 Å². The number of carbonyl (C=O) groups excluding carboxylic acids is 1. The summed E-state index contributed by atoms with van der Waals surface area (Å²) >= 11 is 0. The van der Waals surface area contributed by atoms with Crippen LogP contribution in [-0.4, -0.2) is 38.5 Å². The number of benzene rings is 1. The number of likely N-dealkylation sites (tertiary alicyclic amines) is 1. The SMILES string of the molecule is O=C(c1c[nH]c(=O)[nH]1)N1CCC(O)(c2ccccc2)C2CCCCC21. The number of fused-ring (bicyclic) bond motifs is 1. The molecule has 0 bridgehead atoms. The van der Waals surface area contributed by atoms with Crippen LogP contribution in [0, 0.1) is 5.92 Å². The molecule has 6 nitrogen and oxygen atoms in total. The Hall–Kier alpha value is -2.34. The first-order valence-corrected chi connectivity index (χ1v) is 8.96. The molecule has 0 radical (unpaired) electrons. The number of aliphatic hydroxyl groups is 1. The lowest BCUT2D eigenvalue weighted by atomic mass is 9.66. The smallest absolute Gasteiger partial charge is 0.323 e. The van der Waals surface area contributed by atoms with Crippen LogP contribution in [0.5, 0.6) is 0 Å². The summed E-state index contributed by atoms with van der Waals surface area (Å²) in [6.07, 6.45) is 5.86. The van der Waals surface area contributed by atoms with Crippen LogP contribution in [0.3, 0.4) is 0 Å².